The minimum atomic E-state index is -1.48. The number of ketones is 1. The molecule has 1 unspecified atom stereocenters. The second-order valence-corrected chi connectivity index (χ2v) is 3.82. The lowest BCUT2D eigenvalue weighted by molar-refractivity contribution is -0.133. The van der Waals surface area contributed by atoms with E-state index in [1.165, 1.54) is 14.0 Å². The lowest BCUT2D eigenvalue weighted by Gasteiger charge is -2.25. The van der Waals surface area contributed by atoms with Gasteiger partial charge in [-0.05, 0) is 31.9 Å². The van der Waals surface area contributed by atoms with Gasteiger partial charge in [-0.15, -0.1) is 0 Å². The SMILES string of the molecule is COC(C#N)(C(C)=O)c1c(C)cccc1C. The van der Waals surface area contributed by atoms with Crippen molar-refractivity contribution in [3.05, 3.63) is 34.9 Å². The van der Waals surface area contributed by atoms with E-state index in [1.54, 1.807) is 0 Å². The molecular formula is C13H15NO2. The largest absolute Gasteiger partial charge is 0.353 e. The third-order valence-electron chi connectivity index (χ3n) is 2.79. The number of hydrogen-bond acceptors (Lipinski definition) is 3. The van der Waals surface area contributed by atoms with Gasteiger partial charge in [0.25, 0.3) is 0 Å². The Morgan fingerprint density at radius 1 is 1.38 bits per heavy atom. The summed E-state index contributed by atoms with van der Waals surface area (Å²) in [5.74, 6) is -0.296. The molecule has 3 nitrogen and oxygen atoms in total. The van der Waals surface area contributed by atoms with Crippen LogP contribution in [0, 0.1) is 25.2 Å². The molecule has 0 spiro atoms. The Kier molecular flexibility index (Phi) is 3.46. The predicted molar refractivity (Wildman–Crippen MR) is 60.9 cm³/mol. The van der Waals surface area contributed by atoms with Crippen LogP contribution in [-0.4, -0.2) is 12.9 Å². The van der Waals surface area contributed by atoms with Crippen LogP contribution < -0.4 is 0 Å². The van der Waals surface area contributed by atoms with Gasteiger partial charge in [0.15, 0.2) is 5.78 Å². The van der Waals surface area contributed by atoms with Crippen molar-refractivity contribution >= 4 is 5.78 Å². The number of Topliss-reactive ketones (excluding diaryl/α,β-unsaturated/α-hetero) is 1. The molecule has 0 N–H and O–H groups in total. The van der Waals surface area contributed by atoms with Gasteiger partial charge in [-0.25, -0.2) is 0 Å². The third-order valence-corrected chi connectivity index (χ3v) is 2.79. The quantitative estimate of drug-likeness (QED) is 0.780. The summed E-state index contributed by atoms with van der Waals surface area (Å²) < 4.78 is 5.19. The maximum Gasteiger partial charge on any atom is 0.238 e. The summed E-state index contributed by atoms with van der Waals surface area (Å²) in [5, 5.41) is 9.25. The molecule has 0 amide bonds. The highest BCUT2D eigenvalue weighted by Gasteiger charge is 2.40. The van der Waals surface area contributed by atoms with Crippen molar-refractivity contribution in [1.29, 1.82) is 5.26 Å². The van der Waals surface area contributed by atoms with E-state index < -0.39 is 5.60 Å². The molecule has 1 rings (SSSR count). The molecule has 1 atom stereocenters. The van der Waals surface area contributed by atoms with Gasteiger partial charge in [-0.1, -0.05) is 18.2 Å². The van der Waals surface area contributed by atoms with Crippen LogP contribution in [0.15, 0.2) is 18.2 Å². The Hall–Kier alpha value is -1.66. The highest BCUT2D eigenvalue weighted by Crippen LogP contribution is 2.31. The lowest BCUT2D eigenvalue weighted by Crippen LogP contribution is -2.36. The molecule has 0 heterocycles. The standard InChI is InChI=1S/C13H15NO2/c1-9-6-5-7-10(2)12(9)13(8-14,16-4)11(3)15/h5-7H,1-4H3. The Labute approximate surface area is 95.7 Å². The van der Waals surface area contributed by atoms with Crippen LogP contribution in [0.5, 0.6) is 0 Å². The molecule has 0 aromatic heterocycles. The Balaban J connectivity index is 3.57. The molecule has 1 aromatic rings. The molecule has 16 heavy (non-hydrogen) atoms. The zero-order valence-corrected chi connectivity index (χ0v) is 10.00. The number of rotatable bonds is 3. The molecule has 0 fully saturated rings. The summed E-state index contributed by atoms with van der Waals surface area (Å²) >= 11 is 0. The number of carbonyl (C=O) groups is 1. The third kappa shape index (κ3) is 1.72. The molecule has 3 heteroatoms. The van der Waals surface area contributed by atoms with E-state index >= 15 is 0 Å². The zero-order valence-electron chi connectivity index (χ0n) is 10.00. The summed E-state index contributed by atoms with van der Waals surface area (Å²) in [4.78, 5) is 11.7. The average molecular weight is 217 g/mol. The Bertz CT molecular complexity index is 439. The maximum absolute atomic E-state index is 11.7. The van der Waals surface area contributed by atoms with Crippen molar-refractivity contribution in [3.63, 3.8) is 0 Å². The first-order chi connectivity index (χ1) is 7.49. The summed E-state index contributed by atoms with van der Waals surface area (Å²) in [6, 6.07) is 7.63. The summed E-state index contributed by atoms with van der Waals surface area (Å²) in [7, 11) is 1.39. The van der Waals surface area contributed by atoms with Crippen LogP contribution in [0.1, 0.15) is 23.6 Å². The second-order valence-electron chi connectivity index (χ2n) is 3.82. The zero-order chi connectivity index (χ0) is 12.3. The van der Waals surface area contributed by atoms with E-state index in [0.717, 1.165) is 11.1 Å². The number of hydrogen-bond donors (Lipinski definition) is 0. The molecule has 0 aliphatic carbocycles. The summed E-state index contributed by atoms with van der Waals surface area (Å²) in [6.45, 7) is 5.12. The maximum atomic E-state index is 11.7. The van der Waals surface area contributed by atoms with Crippen LogP contribution in [-0.2, 0) is 15.1 Å². The fraction of sp³-hybridized carbons (Fsp3) is 0.385. The van der Waals surface area contributed by atoms with Crippen LogP contribution in [0.4, 0.5) is 0 Å². The van der Waals surface area contributed by atoms with Crippen molar-refractivity contribution in [2.45, 2.75) is 26.4 Å². The Morgan fingerprint density at radius 3 is 2.19 bits per heavy atom. The number of nitrogens with zero attached hydrogens (tertiary/aromatic N) is 1. The molecule has 0 saturated heterocycles. The first-order valence-electron chi connectivity index (χ1n) is 5.03. The molecule has 0 radical (unpaired) electrons. The molecule has 0 bridgehead atoms. The van der Waals surface area contributed by atoms with E-state index in [4.69, 9.17) is 4.74 Å². The molecule has 0 aliphatic heterocycles. The fourth-order valence-electron chi connectivity index (χ4n) is 1.97. The molecule has 1 aromatic carbocycles. The van der Waals surface area contributed by atoms with Crippen LogP contribution in [0.3, 0.4) is 0 Å². The normalized spacial score (nSPS) is 13.9. The van der Waals surface area contributed by atoms with Crippen molar-refractivity contribution < 1.29 is 9.53 Å². The number of benzene rings is 1. The van der Waals surface area contributed by atoms with E-state index in [-0.39, 0.29) is 5.78 Å². The van der Waals surface area contributed by atoms with Gasteiger partial charge in [0.2, 0.25) is 5.60 Å². The number of carbonyl (C=O) groups excluding carboxylic acids is 1. The minimum Gasteiger partial charge on any atom is -0.353 e. The number of aryl methyl sites for hydroxylation is 2. The number of methoxy groups -OCH3 is 1. The van der Waals surface area contributed by atoms with Crippen molar-refractivity contribution in [3.8, 4) is 6.07 Å². The number of ether oxygens (including phenoxy) is 1. The summed E-state index contributed by atoms with van der Waals surface area (Å²) in [6.07, 6.45) is 0. The van der Waals surface area contributed by atoms with Gasteiger partial charge in [0.05, 0.1) is 0 Å². The van der Waals surface area contributed by atoms with Crippen LogP contribution in [0.25, 0.3) is 0 Å². The van der Waals surface area contributed by atoms with Crippen LogP contribution >= 0.6 is 0 Å². The fourth-order valence-corrected chi connectivity index (χ4v) is 1.97. The highest BCUT2D eigenvalue weighted by molar-refractivity contribution is 5.90. The first-order valence-corrected chi connectivity index (χ1v) is 5.03. The van der Waals surface area contributed by atoms with Crippen LogP contribution in [0.2, 0.25) is 0 Å². The predicted octanol–water partition coefficient (Wildman–Crippen LogP) is 2.26. The van der Waals surface area contributed by atoms with Gasteiger partial charge >= 0.3 is 0 Å². The summed E-state index contributed by atoms with van der Waals surface area (Å²) in [5.41, 5.74) is 0.958. The van der Waals surface area contributed by atoms with E-state index in [2.05, 4.69) is 0 Å². The van der Waals surface area contributed by atoms with Gasteiger partial charge in [-0.3, -0.25) is 4.79 Å². The van der Waals surface area contributed by atoms with E-state index in [0.29, 0.717) is 5.56 Å². The minimum absolute atomic E-state index is 0.296. The van der Waals surface area contributed by atoms with Crippen molar-refractivity contribution in [2.24, 2.45) is 0 Å². The van der Waals surface area contributed by atoms with E-state index in [9.17, 15) is 10.1 Å². The van der Waals surface area contributed by atoms with Gasteiger partial charge < -0.3 is 4.74 Å². The topological polar surface area (TPSA) is 50.1 Å². The van der Waals surface area contributed by atoms with Gasteiger partial charge in [0, 0.05) is 12.7 Å². The average Bonchev–Trinajstić information content (AvgIpc) is 2.23. The Morgan fingerprint density at radius 2 is 1.88 bits per heavy atom. The first kappa shape index (κ1) is 12.4. The van der Waals surface area contributed by atoms with Crippen molar-refractivity contribution in [1.82, 2.24) is 0 Å². The van der Waals surface area contributed by atoms with Crippen molar-refractivity contribution in [2.75, 3.05) is 7.11 Å². The molecular weight excluding hydrogens is 202 g/mol. The second kappa shape index (κ2) is 4.46. The molecule has 0 saturated carbocycles. The molecule has 84 valence electrons. The smallest absolute Gasteiger partial charge is 0.238 e. The van der Waals surface area contributed by atoms with E-state index in [1.807, 2.05) is 38.1 Å². The van der Waals surface area contributed by atoms with Gasteiger partial charge in [0.1, 0.15) is 6.07 Å². The van der Waals surface area contributed by atoms with Gasteiger partial charge in [-0.2, -0.15) is 5.26 Å². The number of nitriles is 1. The monoisotopic (exact) mass is 217 g/mol. The molecule has 0 aliphatic rings. The lowest BCUT2D eigenvalue weighted by atomic mass is 9.85. The highest BCUT2D eigenvalue weighted by atomic mass is 16.5.